The van der Waals surface area contributed by atoms with Gasteiger partial charge in [-0.25, -0.2) is 0 Å². The predicted molar refractivity (Wildman–Crippen MR) is 122 cm³/mol. The Kier molecular flexibility index (Phi) is 5.88. The molecule has 0 bridgehead atoms. The van der Waals surface area contributed by atoms with E-state index in [1.165, 1.54) is 11.3 Å². The van der Waals surface area contributed by atoms with E-state index in [4.69, 9.17) is 21.9 Å². The summed E-state index contributed by atoms with van der Waals surface area (Å²) in [7, 11) is 0. The van der Waals surface area contributed by atoms with Gasteiger partial charge in [0.25, 0.3) is 11.8 Å². The quantitative estimate of drug-likeness (QED) is 0.586. The highest BCUT2D eigenvalue weighted by Crippen LogP contribution is 2.38. The summed E-state index contributed by atoms with van der Waals surface area (Å²) in [5, 5.41) is 7.85. The largest absolute Gasteiger partial charge is 0.365 e. The van der Waals surface area contributed by atoms with Crippen molar-refractivity contribution in [2.45, 2.75) is 39.8 Å². The van der Waals surface area contributed by atoms with E-state index < -0.39 is 11.8 Å². The molecule has 1 aromatic carbocycles. The third-order valence-electron chi connectivity index (χ3n) is 5.51. The molecule has 4 rings (SSSR count). The van der Waals surface area contributed by atoms with Crippen LogP contribution in [0.5, 0.6) is 0 Å². The summed E-state index contributed by atoms with van der Waals surface area (Å²) in [6.45, 7) is 7.51. The monoisotopic (exact) mass is 458 g/mol. The smallest absolute Gasteiger partial charge is 0.262 e. The maximum Gasteiger partial charge on any atom is 0.262 e. The zero-order valence-corrected chi connectivity index (χ0v) is 19.1. The lowest BCUT2D eigenvalue weighted by molar-refractivity contribution is 0.0999. The van der Waals surface area contributed by atoms with Crippen molar-refractivity contribution in [3.05, 3.63) is 56.6 Å². The lowest BCUT2D eigenvalue weighted by Crippen LogP contribution is -2.35. The number of nitrogens with two attached hydrogens (primary N) is 1. The Bertz CT molecular complexity index is 1170. The van der Waals surface area contributed by atoms with Crippen LogP contribution >= 0.6 is 22.9 Å². The van der Waals surface area contributed by atoms with E-state index in [-0.39, 0.29) is 5.56 Å². The minimum Gasteiger partial charge on any atom is -0.365 e. The summed E-state index contributed by atoms with van der Waals surface area (Å²) in [6, 6.07) is 7.50. The van der Waals surface area contributed by atoms with Gasteiger partial charge >= 0.3 is 0 Å². The molecule has 0 saturated carbocycles. The Labute approximate surface area is 189 Å². The van der Waals surface area contributed by atoms with Gasteiger partial charge in [0, 0.05) is 29.6 Å². The number of aromatic nitrogens is 1. The third-order valence-corrected chi connectivity index (χ3v) is 6.97. The molecule has 3 aromatic rings. The molecule has 0 saturated heterocycles. The molecule has 0 aliphatic carbocycles. The molecule has 0 fully saturated rings. The summed E-state index contributed by atoms with van der Waals surface area (Å²) in [4.78, 5) is 28.9. The second-order valence-electron chi connectivity index (χ2n) is 7.78. The number of aryl methyl sites for hydroxylation is 1. The molecule has 3 N–H and O–H groups in total. The molecule has 0 spiro atoms. The van der Waals surface area contributed by atoms with Crippen LogP contribution < -0.4 is 11.1 Å². The van der Waals surface area contributed by atoms with Crippen molar-refractivity contribution in [3.8, 4) is 11.3 Å². The number of thiophene rings is 1. The lowest BCUT2D eigenvalue weighted by atomic mass is 10.0. The zero-order valence-electron chi connectivity index (χ0n) is 17.5. The van der Waals surface area contributed by atoms with Gasteiger partial charge in [0.15, 0.2) is 0 Å². The summed E-state index contributed by atoms with van der Waals surface area (Å²) in [6.07, 6.45) is 0.718. The van der Waals surface area contributed by atoms with Crippen molar-refractivity contribution in [1.29, 1.82) is 0 Å². The SMILES string of the molecule is Cc1onc(-c2ccccc2Cl)c1C(=O)Nc1sc2c(c1C(N)=O)CCN(C(C)C)C2. The zero-order chi connectivity index (χ0) is 22.3. The first-order chi connectivity index (χ1) is 14.8. The standard InChI is InChI=1S/C22H23ClN4O3S/c1-11(2)27-9-8-14-16(10-27)31-22(18(14)20(24)28)25-21(29)17-12(3)30-26-19(17)13-6-4-5-7-15(13)23/h4-7,11H,8-10H2,1-3H3,(H2,24,28)(H,25,29). The van der Waals surface area contributed by atoms with E-state index in [9.17, 15) is 9.59 Å². The molecule has 2 aromatic heterocycles. The van der Waals surface area contributed by atoms with E-state index >= 15 is 0 Å². The van der Waals surface area contributed by atoms with Gasteiger partial charge in [-0.3, -0.25) is 14.5 Å². The van der Waals surface area contributed by atoms with Crippen molar-refractivity contribution in [2.75, 3.05) is 11.9 Å². The summed E-state index contributed by atoms with van der Waals surface area (Å²) < 4.78 is 5.30. The fourth-order valence-corrected chi connectivity index (χ4v) is 5.35. The number of nitrogens with zero attached hydrogens (tertiary/aromatic N) is 2. The van der Waals surface area contributed by atoms with Crippen molar-refractivity contribution in [2.24, 2.45) is 5.73 Å². The Morgan fingerprint density at radius 1 is 1.29 bits per heavy atom. The number of carbonyl (C=O) groups is 2. The average molecular weight is 459 g/mol. The van der Waals surface area contributed by atoms with Gasteiger partial charge in [0.1, 0.15) is 22.0 Å². The first-order valence-electron chi connectivity index (χ1n) is 9.98. The number of halogens is 1. The Hall–Kier alpha value is -2.68. The number of amides is 2. The van der Waals surface area contributed by atoms with Gasteiger partial charge in [-0.15, -0.1) is 11.3 Å². The first kappa shape index (κ1) is 21.5. The average Bonchev–Trinajstić information content (AvgIpc) is 3.27. The van der Waals surface area contributed by atoms with Crippen LogP contribution in [0.15, 0.2) is 28.8 Å². The number of carbonyl (C=O) groups excluding carboxylic acids is 2. The number of hydrogen-bond acceptors (Lipinski definition) is 6. The van der Waals surface area contributed by atoms with Crippen LogP contribution in [-0.2, 0) is 13.0 Å². The predicted octanol–water partition coefficient (Wildman–Crippen LogP) is 4.48. The van der Waals surface area contributed by atoms with Gasteiger partial charge in [0.05, 0.1) is 10.6 Å². The van der Waals surface area contributed by atoms with Gasteiger partial charge in [-0.05, 0) is 38.8 Å². The molecule has 0 radical (unpaired) electrons. The van der Waals surface area contributed by atoms with Gasteiger partial charge < -0.3 is 15.6 Å². The fourth-order valence-electron chi connectivity index (χ4n) is 3.86. The van der Waals surface area contributed by atoms with Gasteiger partial charge in [-0.2, -0.15) is 0 Å². The van der Waals surface area contributed by atoms with Crippen LogP contribution in [0.2, 0.25) is 5.02 Å². The number of benzene rings is 1. The number of anilines is 1. The van der Waals surface area contributed by atoms with Crippen molar-refractivity contribution in [1.82, 2.24) is 10.1 Å². The number of fused-ring (bicyclic) bond motifs is 1. The van der Waals surface area contributed by atoms with Crippen LogP contribution in [-0.4, -0.2) is 34.5 Å². The number of nitrogens with one attached hydrogen (secondary N) is 1. The summed E-state index contributed by atoms with van der Waals surface area (Å²) in [5.41, 5.74) is 8.25. The van der Waals surface area contributed by atoms with Crippen LogP contribution in [0.25, 0.3) is 11.3 Å². The van der Waals surface area contributed by atoms with E-state index in [0.29, 0.717) is 38.6 Å². The molecule has 1 aliphatic heterocycles. The summed E-state index contributed by atoms with van der Waals surface area (Å²) >= 11 is 7.70. The maximum absolute atomic E-state index is 13.3. The highest BCUT2D eigenvalue weighted by Gasteiger charge is 2.30. The Balaban J connectivity index is 1.70. The molecule has 3 heterocycles. The van der Waals surface area contributed by atoms with E-state index in [2.05, 4.69) is 29.2 Å². The Morgan fingerprint density at radius 3 is 2.71 bits per heavy atom. The minimum absolute atomic E-state index is 0.277. The Morgan fingerprint density at radius 2 is 2.03 bits per heavy atom. The third kappa shape index (κ3) is 3.98. The molecule has 9 heteroatoms. The van der Waals surface area contributed by atoms with Crippen LogP contribution in [0.3, 0.4) is 0 Å². The van der Waals surface area contributed by atoms with Gasteiger partial charge in [-0.1, -0.05) is 35.0 Å². The molecular formula is C22H23ClN4O3S. The topological polar surface area (TPSA) is 101 Å². The van der Waals surface area contributed by atoms with E-state index in [0.717, 1.165) is 30.0 Å². The molecular weight excluding hydrogens is 436 g/mol. The molecule has 1 aliphatic rings. The van der Waals surface area contributed by atoms with Crippen molar-refractivity contribution in [3.63, 3.8) is 0 Å². The number of hydrogen-bond donors (Lipinski definition) is 2. The van der Waals surface area contributed by atoms with Crippen molar-refractivity contribution >= 4 is 39.8 Å². The highest BCUT2D eigenvalue weighted by molar-refractivity contribution is 7.17. The fraction of sp³-hybridized carbons (Fsp3) is 0.318. The van der Waals surface area contributed by atoms with Crippen molar-refractivity contribution < 1.29 is 14.1 Å². The van der Waals surface area contributed by atoms with Crippen LogP contribution in [0.1, 0.15) is 50.8 Å². The van der Waals surface area contributed by atoms with Crippen LogP contribution in [0.4, 0.5) is 5.00 Å². The molecule has 31 heavy (non-hydrogen) atoms. The van der Waals surface area contributed by atoms with E-state index in [1.807, 2.05) is 6.07 Å². The molecule has 0 atom stereocenters. The van der Waals surface area contributed by atoms with Crippen LogP contribution in [0, 0.1) is 6.92 Å². The second-order valence-corrected chi connectivity index (χ2v) is 9.30. The molecule has 7 nitrogen and oxygen atoms in total. The molecule has 162 valence electrons. The second kappa shape index (κ2) is 8.45. The summed E-state index contributed by atoms with van der Waals surface area (Å²) in [5.74, 6) is -0.602. The number of primary amides is 1. The molecule has 2 amide bonds. The first-order valence-corrected chi connectivity index (χ1v) is 11.2. The maximum atomic E-state index is 13.3. The normalized spacial score (nSPS) is 14.0. The lowest BCUT2D eigenvalue weighted by Gasteiger charge is -2.30. The molecule has 0 unspecified atom stereocenters. The highest BCUT2D eigenvalue weighted by atomic mass is 35.5. The van der Waals surface area contributed by atoms with Gasteiger partial charge in [0.2, 0.25) is 0 Å². The van der Waals surface area contributed by atoms with E-state index in [1.54, 1.807) is 25.1 Å². The minimum atomic E-state index is -0.542. The number of rotatable bonds is 5.